The number of methoxy groups -OCH3 is 1. The fourth-order valence-electron chi connectivity index (χ4n) is 3.59. The number of aromatic nitrogens is 7. The lowest BCUT2D eigenvalue weighted by molar-refractivity contribution is 0.413. The van der Waals surface area contributed by atoms with Gasteiger partial charge in [0.15, 0.2) is 11.5 Å². The van der Waals surface area contributed by atoms with Gasteiger partial charge in [-0.1, -0.05) is 0 Å². The van der Waals surface area contributed by atoms with Crippen molar-refractivity contribution in [3.05, 3.63) is 71.4 Å². The predicted octanol–water partition coefficient (Wildman–Crippen LogP) is 2.46. The first-order chi connectivity index (χ1) is 14.5. The van der Waals surface area contributed by atoms with Crippen LogP contribution in [0.5, 0.6) is 5.75 Å². The van der Waals surface area contributed by atoms with Crippen molar-refractivity contribution in [3.63, 3.8) is 0 Å². The van der Waals surface area contributed by atoms with Crippen molar-refractivity contribution in [2.75, 3.05) is 7.11 Å². The third-order valence-corrected chi connectivity index (χ3v) is 5.24. The van der Waals surface area contributed by atoms with Crippen LogP contribution in [0.4, 0.5) is 0 Å². The molecule has 0 N–H and O–H groups in total. The first kappa shape index (κ1) is 18.0. The summed E-state index contributed by atoms with van der Waals surface area (Å²) in [5.74, 6) is 1.20. The van der Waals surface area contributed by atoms with Gasteiger partial charge in [-0.2, -0.15) is 5.10 Å². The molecule has 0 unspecified atom stereocenters. The Kier molecular flexibility index (Phi) is 4.09. The zero-order chi connectivity index (χ0) is 20.8. The van der Waals surface area contributed by atoms with E-state index in [2.05, 4.69) is 20.3 Å². The van der Waals surface area contributed by atoms with Crippen molar-refractivity contribution in [2.45, 2.75) is 13.0 Å². The van der Waals surface area contributed by atoms with E-state index in [0.717, 1.165) is 11.1 Å². The zero-order valence-electron chi connectivity index (χ0n) is 16.7. The van der Waals surface area contributed by atoms with Crippen molar-refractivity contribution in [2.24, 2.45) is 7.05 Å². The van der Waals surface area contributed by atoms with Gasteiger partial charge in [0.1, 0.15) is 5.75 Å². The average Bonchev–Trinajstić information content (AvgIpc) is 3.39. The summed E-state index contributed by atoms with van der Waals surface area (Å²) in [6, 6.07) is 7.07. The molecule has 5 aromatic rings. The highest BCUT2D eigenvalue weighted by Gasteiger charge is 2.18. The van der Waals surface area contributed by atoms with E-state index in [-0.39, 0.29) is 11.6 Å². The van der Waals surface area contributed by atoms with E-state index >= 15 is 0 Å². The fourth-order valence-corrected chi connectivity index (χ4v) is 3.59. The molecule has 30 heavy (non-hydrogen) atoms. The standard InChI is InChI=1S/C21H19N7O2/c1-13(27-7-6-18-17(21(27)29)8-16(30-3)10-22-18)20-25-24-19-5-4-14(12-28(19)20)15-9-23-26(2)11-15/h4-13H,1-3H3/t13-/m1/s1. The summed E-state index contributed by atoms with van der Waals surface area (Å²) in [5, 5.41) is 13.4. The van der Waals surface area contributed by atoms with Crippen molar-refractivity contribution in [1.29, 1.82) is 0 Å². The second-order valence-electron chi connectivity index (χ2n) is 7.12. The molecule has 0 bridgehead atoms. The summed E-state index contributed by atoms with van der Waals surface area (Å²) in [4.78, 5) is 17.5. The molecule has 1 atom stereocenters. The Labute approximate surface area is 171 Å². The van der Waals surface area contributed by atoms with Gasteiger partial charge in [-0.25, -0.2) is 0 Å². The molecule has 150 valence electrons. The molecule has 0 aliphatic heterocycles. The first-order valence-electron chi connectivity index (χ1n) is 9.44. The normalized spacial score (nSPS) is 12.5. The molecule has 9 heteroatoms. The molecule has 0 aliphatic carbocycles. The van der Waals surface area contributed by atoms with Crippen LogP contribution in [0.1, 0.15) is 18.8 Å². The van der Waals surface area contributed by atoms with E-state index < -0.39 is 0 Å². The summed E-state index contributed by atoms with van der Waals surface area (Å²) in [6.07, 6.45) is 9.06. The fraction of sp³-hybridized carbons (Fsp3) is 0.190. The van der Waals surface area contributed by atoms with E-state index in [1.54, 1.807) is 34.8 Å². The molecule has 0 radical (unpaired) electrons. The van der Waals surface area contributed by atoms with Gasteiger partial charge in [0.25, 0.3) is 5.56 Å². The third-order valence-electron chi connectivity index (χ3n) is 5.24. The Morgan fingerprint density at radius 3 is 2.70 bits per heavy atom. The topological polar surface area (TPSA) is 92.1 Å². The van der Waals surface area contributed by atoms with Crippen LogP contribution in [0.2, 0.25) is 0 Å². The van der Waals surface area contributed by atoms with Gasteiger partial charge in [-0.3, -0.25) is 18.9 Å². The second-order valence-corrected chi connectivity index (χ2v) is 7.12. The van der Waals surface area contributed by atoms with Gasteiger partial charge in [-0.05, 0) is 31.2 Å². The lowest BCUT2D eigenvalue weighted by Gasteiger charge is -2.15. The van der Waals surface area contributed by atoms with Crippen LogP contribution >= 0.6 is 0 Å². The minimum absolute atomic E-state index is 0.161. The van der Waals surface area contributed by atoms with Crippen molar-refractivity contribution < 1.29 is 4.74 Å². The molecule has 0 aromatic carbocycles. The second kappa shape index (κ2) is 6.80. The molecule has 0 amide bonds. The number of pyridine rings is 3. The maximum Gasteiger partial charge on any atom is 0.260 e. The minimum atomic E-state index is -0.341. The van der Waals surface area contributed by atoms with Crippen LogP contribution in [-0.4, -0.2) is 41.0 Å². The highest BCUT2D eigenvalue weighted by Crippen LogP contribution is 2.23. The number of nitrogens with zero attached hydrogens (tertiary/aromatic N) is 7. The van der Waals surface area contributed by atoms with E-state index in [4.69, 9.17) is 4.74 Å². The van der Waals surface area contributed by atoms with Crippen LogP contribution in [-0.2, 0) is 7.05 Å². The van der Waals surface area contributed by atoms with Gasteiger partial charge in [-0.15, -0.1) is 10.2 Å². The summed E-state index contributed by atoms with van der Waals surface area (Å²) in [7, 11) is 3.43. The van der Waals surface area contributed by atoms with Gasteiger partial charge in [0.2, 0.25) is 0 Å². The predicted molar refractivity (Wildman–Crippen MR) is 112 cm³/mol. The first-order valence-corrected chi connectivity index (χ1v) is 9.44. The maximum absolute atomic E-state index is 13.2. The van der Waals surface area contributed by atoms with Crippen LogP contribution in [0.3, 0.4) is 0 Å². The number of ether oxygens (including phenoxy) is 1. The summed E-state index contributed by atoms with van der Waals surface area (Å²) < 4.78 is 10.5. The molecule has 5 aromatic heterocycles. The van der Waals surface area contributed by atoms with E-state index in [1.807, 2.05) is 55.2 Å². The molecule has 5 heterocycles. The Hall–Kier alpha value is -4.01. The Balaban J connectivity index is 1.63. The molecule has 0 saturated heterocycles. The van der Waals surface area contributed by atoms with Crippen molar-refractivity contribution in [3.8, 4) is 16.9 Å². The minimum Gasteiger partial charge on any atom is -0.495 e. The number of hydrogen-bond donors (Lipinski definition) is 0. The number of aryl methyl sites for hydroxylation is 1. The van der Waals surface area contributed by atoms with Crippen LogP contribution in [0.15, 0.2) is 60.0 Å². The maximum atomic E-state index is 13.2. The zero-order valence-corrected chi connectivity index (χ0v) is 16.7. The van der Waals surface area contributed by atoms with Gasteiger partial charge < -0.3 is 9.30 Å². The van der Waals surface area contributed by atoms with E-state index in [0.29, 0.717) is 28.1 Å². The van der Waals surface area contributed by atoms with Crippen LogP contribution in [0, 0.1) is 0 Å². The van der Waals surface area contributed by atoms with Crippen LogP contribution < -0.4 is 10.3 Å². The average molecular weight is 401 g/mol. The largest absolute Gasteiger partial charge is 0.495 e. The van der Waals surface area contributed by atoms with Gasteiger partial charge in [0, 0.05) is 36.8 Å². The third kappa shape index (κ3) is 2.83. The lowest BCUT2D eigenvalue weighted by atomic mass is 10.1. The quantitative estimate of drug-likeness (QED) is 0.459. The highest BCUT2D eigenvalue weighted by atomic mass is 16.5. The Morgan fingerprint density at radius 2 is 1.93 bits per heavy atom. The van der Waals surface area contributed by atoms with E-state index in [1.165, 1.54) is 0 Å². The summed E-state index contributed by atoms with van der Waals surface area (Å²) in [5.41, 5.74) is 3.15. The number of rotatable bonds is 4. The monoisotopic (exact) mass is 401 g/mol. The molecule has 0 fully saturated rings. The SMILES string of the molecule is COc1cnc2ccn([C@H](C)c3nnc4ccc(-c5cnn(C)c5)cn34)c(=O)c2c1. The Morgan fingerprint density at radius 1 is 1.07 bits per heavy atom. The summed E-state index contributed by atoms with van der Waals surface area (Å²) >= 11 is 0. The number of hydrogen-bond acceptors (Lipinski definition) is 6. The molecular weight excluding hydrogens is 382 g/mol. The molecular formula is C21H19N7O2. The van der Waals surface area contributed by atoms with Gasteiger partial charge >= 0.3 is 0 Å². The highest BCUT2D eigenvalue weighted by molar-refractivity contribution is 5.78. The van der Waals surface area contributed by atoms with E-state index in [9.17, 15) is 4.79 Å². The molecule has 9 nitrogen and oxygen atoms in total. The molecule has 0 saturated carbocycles. The lowest BCUT2D eigenvalue weighted by Crippen LogP contribution is -2.25. The van der Waals surface area contributed by atoms with Crippen molar-refractivity contribution in [1.82, 2.24) is 33.9 Å². The molecule has 0 aliphatic rings. The smallest absolute Gasteiger partial charge is 0.260 e. The van der Waals surface area contributed by atoms with Crippen LogP contribution in [0.25, 0.3) is 27.7 Å². The number of fused-ring (bicyclic) bond motifs is 2. The summed E-state index contributed by atoms with van der Waals surface area (Å²) in [6.45, 7) is 1.92. The Bertz CT molecular complexity index is 1450. The van der Waals surface area contributed by atoms with Crippen molar-refractivity contribution >= 4 is 16.6 Å². The molecule has 5 rings (SSSR count). The molecule has 0 spiro atoms. The van der Waals surface area contributed by atoms with Gasteiger partial charge in [0.05, 0.1) is 36.4 Å².